The standard InChI is InChI=1S/C18H15ClN6/c1-13-4-2-5-14(8-13)11-25-22-18(21-23-25)15-10-20-24(12-15)17-7-3-6-16(19)9-17/h2-10,12H,11H2,1H3. The van der Waals surface area contributed by atoms with E-state index < -0.39 is 0 Å². The van der Waals surface area contributed by atoms with E-state index in [2.05, 4.69) is 39.6 Å². The normalized spacial score (nSPS) is 11.0. The summed E-state index contributed by atoms with van der Waals surface area (Å²) in [5, 5.41) is 17.7. The van der Waals surface area contributed by atoms with Crippen molar-refractivity contribution in [2.45, 2.75) is 13.5 Å². The Morgan fingerprint density at radius 3 is 2.80 bits per heavy atom. The molecule has 124 valence electrons. The fraction of sp³-hybridized carbons (Fsp3) is 0.111. The lowest BCUT2D eigenvalue weighted by Gasteiger charge is -2.00. The predicted octanol–water partition coefficient (Wildman–Crippen LogP) is 3.54. The van der Waals surface area contributed by atoms with Gasteiger partial charge in [-0.2, -0.15) is 9.90 Å². The Hall–Kier alpha value is -2.99. The predicted molar refractivity (Wildman–Crippen MR) is 95.7 cm³/mol. The molecule has 2 heterocycles. The van der Waals surface area contributed by atoms with Crippen molar-refractivity contribution in [2.24, 2.45) is 0 Å². The number of aromatic nitrogens is 6. The van der Waals surface area contributed by atoms with Crippen molar-refractivity contribution >= 4 is 11.6 Å². The highest BCUT2D eigenvalue weighted by molar-refractivity contribution is 6.30. The number of aryl methyl sites for hydroxylation is 1. The van der Waals surface area contributed by atoms with Crippen LogP contribution in [0.2, 0.25) is 5.02 Å². The first-order valence-corrected chi connectivity index (χ1v) is 8.19. The van der Waals surface area contributed by atoms with Crippen LogP contribution in [-0.2, 0) is 6.54 Å². The molecule has 0 aliphatic carbocycles. The highest BCUT2D eigenvalue weighted by Gasteiger charge is 2.10. The highest BCUT2D eigenvalue weighted by atomic mass is 35.5. The Morgan fingerprint density at radius 1 is 1.08 bits per heavy atom. The third-order valence-electron chi connectivity index (χ3n) is 3.77. The Kier molecular flexibility index (Phi) is 4.03. The molecule has 0 bridgehead atoms. The lowest BCUT2D eigenvalue weighted by molar-refractivity contribution is 0.572. The first kappa shape index (κ1) is 15.5. The number of rotatable bonds is 4. The number of benzene rings is 2. The number of halogens is 1. The van der Waals surface area contributed by atoms with Crippen LogP contribution in [0, 0.1) is 6.92 Å². The van der Waals surface area contributed by atoms with Gasteiger partial charge in [-0.05, 0) is 35.9 Å². The zero-order valence-electron chi connectivity index (χ0n) is 13.5. The fourth-order valence-corrected chi connectivity index (χ4v) is 2.78. The van der Waals surface area contributed by atoms with E-state index in [0.29, 0.717) is 17.4 Å². The van der Waals surface area contributed by atoms with Gasteiger partial charge in [0.2, 0.25) is 5.82 Å². The van der Waals surface area contributed by atoms with Gasteiger partial charge < -0.3 is 0 Å². The van der Waals surface area contributed by atoms with Gasteiger partial charge in [-0.1, -0.05) is 47.5 Å². The number of nitrogens with zero attached hydrogens (tertiary/aromatic N) is 6. The molecule has 2 aromatic heterocycles. The van der Waals surface area contributed by atoms with Gasteiger partial charge in [0.05, 0.1) is 24.0 Å². The summed E-state index contributed by atoms with van der Waals surface area (Å²) in [5.41, 5.74) is 4.03. The van der Waals surface area contributed by atoms with Crippen molar-refractivity contribution in [1.29, 1.82) is 0 Å². The Balaban J connectivity index is 1.56. The quantitative estimate of drug-likeness (QED) is 0.565. The van der Waals surface area contributed by atoms with Crippen LogP contribution in [-0.4, -0.2) is 30.0 Å². The molecule has 0 aliphatic rings. The van der Waals surface area contributed by atoms with E-state index in [9.17, 15) is 0 Å². The molecule has 0 amide bonds. The monoisotopic (exact) mass is 350 g/mol. The maximum atomic E-state index is 6.03. The Morgan fingerprint density at radius 2 is 1.96 bits per heavy atom. The van der Waals surface area contributed by atoms with Gasteiger partial charge >= 0.3 is 0 Å². The summed E-state index contributed by atoms with van der Waals surface area (Å²) >= 11 is 6.03. The molecule has 6 nitrogen and oxygen atoms in total. The van der Waals surface area contributed by atoms with Crippen LogP contribution >= 0.6 is 11.6 Å². The number of hydrogen-bond donors (Lipinski definition) is 0. The Bertz CT molecular complexity index is 1020. The minimum absolute atomic E-state index is 0.543. The van der Waals surface area contributed by atoms with E-state index >= 15 is 0 Å². The lowest BCUT2D eigenvalue weighted by atomic mass is 10.1. The molecule has 0 spiro atoms. The van der Waals surface area contributed by atoms with E-state index in [1.165, 1.54) is 5.56 Å². The second-order valence-electron chi connectivity index (χ2n) is 5.79. The van der Waals surface area contributed by atoms with Crippen molar-refractivity contribution < 1.29 is 0 Å². The fourth-order valence-electron chi connectivity index (χ4n) is 2.60. The van der Waals surface area contributed by atoms with Crippen LogP contribution in [0.1, 0.15) is 11.1 Å². The lowest BCUT2D eigenvalue weighted by Crippen LogP contribution is -2.04. The summed E-state index contributed by atoms with van der Waals surface area (Å²) in [6.07, 6.45) is 3.58. The first-order valence-electron chi connectivity index (χ1n) is 7.82. The zero-order chi connectivity index (χ0) is 17.2. The minimum Gasteiger partial charge on any atom is -0.240 e. The maximum Gasteiger partial charge on any atom is 0.208 e. The average molecular weight is 351 g/mol. The molecule has 0 saturated heterocycles. The average Bonchev–Trinajstić information content (AvgIpc) is 3.24. The molecule has 0 aliphatic heterocycles. The van der Waals surface area contributed by atoms with Gasteiger partial charge in [-0.3, -0.25) is 0 Å². The van der Waals surface area contributed by atoms with Gasteiger partial charge in [0.15, 0.2) is 0 Å². The molecule has 4 aromatic rings. The van der Waals surface area contributed by atoms with Crippen molar-refractivity contribution in [2.75, 3.05) is 0 Å². The molecule has 7 heteroatoms. The second kappa shape index (κ2) is 6.49. The summed E-state index contributed by atoms with van der Waals surface area (Å²) in [5.74, 6) is 0.543. The highest BCUT2D eigenvalue weighted by Crippen LogP contribution is 2.18. The van der Waals surface area contributed by atoms with Crippen molar-refractivity contribution in [3.05, 3.63) is 77.1 Å². The van der Waals surface area contributed by atoms with E-state index in [4.69, 9.17) is 11.6 Å². The van der Waals surface area contributed by atoms with Gasteiger partial charge in [0.25, 0.3) is 0 Å². The van der Waals surface area contributed by atoms with Crippen LogP contribution in [0.3, 0.4) is 0 Å². The summed E-state index contributed by atoms with van der Waals surface area (Å²) in [6, 6.07) is 15.7. The van der Waals surface area contributed by atoms with E-state index in [0.717, 1.165) is 16.8 Å². The van der Waals surface area contributed by atoms with Crippen LogP contribution in [0.5, 0.6) is 0 Å². The number of hydrogen-bond acceptors (Lipinski definition) is 4. The molecule has 0 atom stereocenters. The molecule has 0 saturated carbocycles. The summed E-state index contributed by atoms with van der Waals surface area (Å²) in [4.78, 5) is 1.58. The summed E-state index contributed by atoms with van der Waals surface area (Å²) in [7, 11) is 0. The third-order valence-corrected chi connectivity index (χ3v) is 4.01. The summed E-state index contributed by atoms with van der Waals surface area (Å²) < 4.78 is 1.74. The first-order chi connectivity index (χ1) is 12.2. The smallest absolute Gasteiger partial charge is 0.208 e. The molecule has 0 unspecified atom stereocenters. The number of tetrazole rings is 1. The van der Waals surface area contributed by atoms with Gasteiger partial charge in [0.1, 0.15) is 0 Å². The molecular weight excluding hydrogens is 336 g/mol. The van der Waals surface area contributed by atoms with Crippen molar-refractivity contribution in [3.8, 4) is 17.1 Å². The van der Waals surface area contributed by atoms with Gasteiger partial charge in [0, 0.05) is 11.2 Å². The summed E-state index contributed by atoms with van der Waals surface area (Å²) in [6.45, 7) is 2.64. The molecule has 4 rings (SSSR count). The second-order valence-corrected chi connectivity index (χ2v) is 6.22. The SMILES string of the molecule is Cc1cccc(Cn2nnc(-c3cnn(-c4cccc(Cl)c4)c3)n2)c1. The Labute approximate surface area is 149 Å². The molecule has 0 N–H and O–H groups in total. The van der Waals surface area contributed by atoms with Gasteiger partial charge in [-0.15, -0.1) is 10.2 Å². The van der Waals surface area contributed by atoms with E-state index in [1.807, 2.05) is 42.6 Å². The van der Waals surface area contributed by atoms with Crippen LogP contribution < -0.4 is 0 Å². The molecule has 25 heavy (non-hydrogen) atoms. The largest absolute Gasteiger partial charge is 0.240 e. The van der Waals surface area contributed by atoms with Crippen LogP contribution in [0.15, 0.2) is 60.9 Å². The van der Waals surface area contributed by atoms with Crippen LogP contribution in [0.25, 0.3) is 17.1 Å². The third kappa shape index (κ3) is 3.44. The van der Waals surface area contributed by atoms with Crippen molar-refractivity contribution in [1.82, 2.24) is 30.0 Å². The van der Waals surface area contributed by atoms with Crippen LogP contribution in [0.4, 0.5) is 0 Å². The van der Waals surface area contributed by atoms with E-state index in [-0.39, 0.29) is 0 Å². The topological polar surface area (TPSA) is 61.4 Å². The van der Waals surface area contributed by atoms with Crippen molar-refractivity contribution in [3.63, 3.8) is 0 Å². The zero-order valence-corrected chi connectivity index (χ0v) is 14.3. The maximum absolute atomic E-state index is 6.03. The van der Waals surface area contributed by atoms with Gasteiger partial charge in [-0.25, -0.2) is 4.68 Å². The molecule has 0 radical (unpaired) electrons. The minimum atomic E-state index is 0.543. The molecule has 0 fully saturated rings. The molecule has 2 aromatic carbocycles. The molecular formula is C18H15ClN6. The van der Waals surface area contributed by atoms with E-state index in [1.54, 1.807) is 15.7 Å².